The Kier molecular flexibility index (Phi) is 15.6. The maximum absolute atomic E-state index is 12.7. The Balaban J connectivity index is 0.00000420. The molecule has 2 aromatic rings. The van der Waals surface area contributed by atoms with Crippen LogP contribution in [-0.4, -0.2) is 83.8 Å². The molecule has 0 fully saturated rings. The van der Waals surface area contributed by atoms with Gasteiger partial charge in [-0.2, -0.15) is 0 Å². The second kappa shape index (κ2) is 17.5. The maximum Gasteiger partial charge on any atom is 0.325 e. The fraction of sp³-hybridized carbons (Fsp3) is 0.517. The molecule has 2 aromatic carbocycles. The number of carbonyl (C=O) groups excluding carboxylic acids is 2. The molecule has 3 rings (SSSR count). The van der Waals surface area contributed by atoms with E-state index in [4.69, 9.17) is 35.3 Å². The average molecular weight is 636 g/mol. The molecule has 0 amide bonds. The summed E-state index contributed by atoms with van der Waals surface area (Å²) in [6, 6.07) is 7.31. The van der Waals surface area contributed by atoms with Gasteiger partial charge in [0.25, 0.3) is 0 Å². The Morgan fingerprint density at radius 1 is 0.780 bits per heavy atom. The number of rotatable bonds is 12. The highest BCUT2D eigenvalue weighted by atomic mass is 35.5. The number of benzene rings is 2. The fourth-order valence-corrected chi connectivity index (χ4v) is 4.81. The first-order valence-electron chi connectivity index (χ1n) is 13.0. The number of hydrogen-bond donors (Lipinski definition) is 0. The molecule has 0 N–H and O–H groups in total. The van der Waals surface area contributed by atoms with Crippen LogP contribution < -0.4 is 23.7 Å². The van der Waals surface area contributed by atoms with E-state index >= 15 is 0 Å². The van der Waals surface area contributed by atoms with Gasteiger partial charge in [0.1, 0.15) is 5.75 Å². The van der Waals surface area contributed by atoms with Crippen molar-refractivity contribution < 1.29 is 33.3 Å². The lowest BCUT2D eigenvalue weighted by Gasteiger charge is -2.23. The highest BCUT2D eigenvalue weighted by Gasteiger charge is 2.32. The van der Waals surface area contributed by atoms with Crippen molar-refractivity contribution in [3.63, 3.8) is 0 Å². The van der Waals surface area contributed by atoms with Crippen molar-refractivity contribution in [2.45, 2.75) is 32.1 Å². The molecule has 1 aliphatic carbocycles. The van der Waals surface area contributed by atoms with E-state index in [-0.39, 0.29) is 49.4 Å². The van der Waals surface area contributed by atoms with Gasteiger partial charge >= 0.3 is 11.9 Å². The van der Waals surface area contributed by atoms with E-state index in [1.165, 1.54) is 14.2 Å². The van der Waals surface area contributed by atoms with E-state index in [9.17, 15) is 9.59 Å². The predicted octanol–water partition coefficient (Wildman–Crippen LogP) is 5.10. The zero-order valence-electron chi connectivity index (χ0n) is 24.5. The van der Waals surface area contributed by atoms with Crippen LogP contribution in [0, 0.1) is 5.92 Å². The van der Waals surface area contributed by atoms with E-state index in [0.29, 0.717) is 41.9 Å². The Bertz CT molecular complexity index is 1080. The third-order valence-electron chi connectivity index (χ3n) is 6.48. The minimum atomic E-state index is -0.419. The van der Waals surface area contributed by atoms with Crippen molar-refractivity contribution >= 4 is 48.4 Å². The Morgan fingerprint density at radius 3 is 1.61 bits per heavy atom. The Hall–Kier alpha value is -2.43. The molecule has 0 saturated heterocycles. The van der Waals surface area contributed by atoms with Crippen molar-refractivity contribution in [2.24, 2.45) is 5.92 Å². The smallest absolute Gasteiger partial charge is 0.325 e. The van der Waals surface area contributed by atoms with Crippen molar-refractivity contribution in [1.82, 2.24) is 9.80 Å². The lowest BCUT2D eigenvalue weighted by Crippen LogP contribution is -2.27. The van der Waals surface area contributed by atoms with E-state index in [1.54, 1.807) is 50.1 Å². The second-order valence-electron chi connectivity index (χ2n) is 10.1. The van der Waals surface area contributed by atoms with Crippen LogP contribution in [0.2, 0.25) is 5.02 Å². The van der Waals surface area contributed by atoms with Gasteiger partial charge in [0.15, 0.2) is 11.5 Å². The zero-order valence-corrected chi connectivity index (χ0v) is 26.9. The number of nitrogens with zero attached hydrogens (tertiary/aromatic N) is 2. The third kappa shape index (κ3) is 10.4. The van der Waals surface area contributed by atoms with E-state index < -0.39 is 11.9 Å². The molecule has 0 bridgehead atoms. The molecular formula is C29H41Cl3N2O7. The third-order valence-corrected chi connectivity index (χ3v) is 6.73. The summed E-state index contributed by atoms with van der Waals surface area (Å²) in [6.45, 7) is 0.763. The van der Waals surface area contributed by atoms with Crippen LogP contribution in [0.5, 0.6) is 28.7 Å². The number of hydrogen-bond acceptors (Lipinski definition) is 9. The van der Waals surface area contributed by atoms with Gasteiger partial charge in [-0.1, -0.05) is 11.6 Å². The molecule has 12 heteroatoms. The Labute approximate surface area is 260 Å². The SMILES string of the molecule is COc1c(OC(=O)CN(C)C)c2c(c(OC(=O)CN(C)C)c1OC)CCC(CCOc1ccc(Cl)cc1)CC2.Cl.Cl. The minimum absolute atomic E-state index is 0. The van der Waals surface area contributed by atoms with Crippen LogP contribution in [-0.2, 0) is 22.4 Å². The number of esters is 2. The molecular weight excluding hydrogens is 595 g/mol. The molecule has 0 heterocycles. The highest BCUT2D eigenvalue weighted by molar-refractivity contribution is 6.30. The van der Waals surface area contributed by atoms with Crippen LogP contribution in [0.25, 0.3) is 0 Å². The normalized spacial score (nSPS) is 12.9. The van der Waals surface area contributed by atoms with Crippen LogP contribution in [0.4, 0.5) is 0 Å². The van der Waals surface area contributed by atoms with Gasteiger partial charge < -0.3 is 23.7 Å². The van der Waals surface area contributed by atoms with Crippen molar-refractivity contribution in [3.8, 4) is 28.7 Å². The zero-order chi connectivity index (χ0) is 28.5. The summed E-state index contributed by atoms with van der Waals surface area (Å²) in [4.78, 5) is 28.9. The standard InChI is InChI=1S/C29H39ClN2O7.2ClH/c1-31(2)17-24(33)38-26-22-13-7-19(15-16-37-21-11-9-20(30)10-12-21)8-14-23(22)27(29(36-6)28(26)35-5)39-25(34)18-32(3)4;;/h9-12,19H,7-8,13-18H2,1-6H3;2*1H. The van der Waals surface area contributed by atoms with E-state index in [2.05, 4.69) is 0 Å². The predicted molar refractivity (Wildman–Crippen MR) is 164 cm³/mol. The monoisotopic (exact) mass is 634 g/mol. The molecule has 9 nitrogen and oxygen atoms in total. The summed E-state index contributed by atoms with van der Waals surface area (Å²) in [5.41, 5.74) is 1.60. The van der Waals surface area contributed by atoms with Gasteiger partial charge in [0.05, 0.1) is 33.9 Å². The number of ether oxygens (including phenoxy) is 5. The van der Waals surface area contributed by atoms with E-state index in [0.717, 1.165) is 36.1 Å². The fourth-order valence-electron chi connectivity index (χ4n) is 4.68. The summed E-state index contributed by atoms with van der Waals surface area (Å²) < 4.78 is 29.1. The quantitative estimate of drug-likeness (QED) is 0.180. The van der Waals surface area contributed by atoms with Crippen molar-refractivity contribution in [2.75, 3.05) is 62.1 Å². The summed E-state index contributed by atoms with van der Waals surface area (Å²) in [6.07, 6.45) is 3.76. The molecule has 1 aliphatic rings. The average Bonchev–Trinajstić information content (AvgIpc) is 3.08. The summed E-state index contributed by atoms with van der Waals surface area (Å²) in [5.74, 6) is 1.40. The number of fused-ring (bicyclic) bond motifs is 1. The second-order valence-corrected chi connectivity index (χ2v) is 10.6. The topological polar surface area (TPSA) is 86.8 Å². The van der Waals surface area contributed by atoms with Gasteiger partial charge in [-0.3, -0.25) is 19.4 Å². The van der Waals surface area contributed by atoms with Crippen LogP contribution >= 0.6 is 36.4 Å². The van der Waals surface area contributed by atoms with Gasteiger partial charge in [0, 0.05) is 16.1 Å². The molecule has 0 radical (unpaired) electrons. The lowest BCUT2D eigenvalue weighted by molar-refractivity contribution is -0.136. The number of halogens is 3. The summed E-state index contributed by atoms with van der Waals surface area (Å²) >= 11 is 5.97. The largest absolute Gasteiger partial charge is 0.494 e. The van der Waals surface area contributed by atoms with E-state index in [1.807, 2.05) is 12.1 Å². The summed E-state index contributed by atoms with van der Waals surface area (Å²) in [7, 11) is 10.1. The van der Waals surface area contributed by atoms with Crippen LogP contribution in [0.15, 0.2) is 24.3 Å². The first kappa shape index (κ1) is 36.6. The molecule has 230 valence electrons. The van der Waals surface area contributed by atoms with Gasteiger partial charge in [-0.25, -0.2) is 0 Å². The van der Waals surface area contributed by atoms with Crippen LogP contribution in [0.1, 0.15) is 30.4 Å². The van der Waals surface area contributed by atoms with Crippen molar-refractivity contribution in [3.05, 3.63) is 40.4 Å². The lowest BCUT2D eigenvalue weighted by atomic mass is 9.96. The van der Waals surface area contributed by atoms with Gasteiger partial charge in [-0.15, -0.1) is 24.8 Å². The Morgan fingerprint density at radius 2 is 1.22 bits per heavy atom. The molecule has 0 atom stereocenters. The molecule has 41 heavy (non-hydrogen) atoms. The summed E-state index contributed by atoms with van der Waals surface area (Å²) in [5, 5.41) is 0.666. The number of methoxy groups -OCH3 is 2. The van der Waals surface area contributed by atoms with Crippen molar-refractivity contribution in [1.29, 1.82) is 0 Å². The highest BCUT2D eigenvalue weighted by Crippen LogP contribution is 2.52. The molecule has 0 unspecified atom stereocenters. The minimum Gasteiger partial charge on any atom is -0.494 e. The number of carbonyl (C=O) groups is 2. The van der Waals surface area contributed by atoms with Gasteiger partial charge in [-0.05, 0) is 90.5 Å². The molecule has 0 saturated carbocycles. The molecule has 0 aromatic heterocycles. The van der Waals surface area contributed by atoms with Gasteiger partial charge in [0.2, 0.25) is 11.5 Å². The molecule has 0 spiro atoms. The first-order valence-corrected chi connectivity index (χ1v) is 13.4. The maximum atomic E-state index is 12.7. The molecule has 0 aliphatic heterocycles. The van der Waals surface area contributed by atoms with Crippen LogP contribution in [0.3, 0.4) is 0 Å². The first-order chi connectivity index (χ1) is 18.6. The number of likely N-dealkylation sites (N-methyl/N-ethyl adjacent to an activating group) is 2.